The number of aliphatic hydroxyl groups is 1. The Hall–Kier alpha value is -0.0800. The van der Waals surface area contributed by atoms with Crippen molar-refractivity contribution in [3.05, 3.63) is 0 Å². The van der Waals surface area contributed by atoms with Crippen molar-refractivity contribution >= 4 is 0 Å². The monoisotopic (exact) mass is 183 g/mol. The van der Waals surface area contributed by atoms with Gasteiger partial charge >= 0.3 is 0 Å². The molecular formula is C11H21NO. The largest absolute Gasteiger partial charge is 0.392 e. The minimum Gasteiger partial charge on any atom is -0.392 e. The molecule has 2 rings (SSSR count). The van der Waals surface area contributed by atoms with Gasteiger partial charge in [0.2, 0.25) is 0 Å². The Balaban J connectivity index is 1.77. The fourth-order valence-electron chi connectivity index (χ4n) is 2.38. The predicted molar refractivity (Wildman–Crippen MR) is 53.6 cm³/mol. The van der Waals surface area contributed by atoms with Crippen molar-refractivity contribution in [2.24, 2.45) is 5.92 Å². The SMILES string of the molecule is CC(N[C@H]1CCCC[C@@H]1O)C1CC1. The van der Waals surface area contributed by atoms with Crippen molar-refractivity contribution in [3.8, 4) is 0 Å². The van der Waals surface area contributed by atoms with Crippen molar-refractivity contribution in [1.29, 1.82) is 0 Å². The lowest BCUT2D eigenvalue weighted by atomic mass is 9.92. The third-order valence-corrected chi connectivity index (χ3v) is 3.54. The Kier molecular flexibility index (Phi) is 2.89. The highest BCUT2D eigenvalue weighted by molar-refractivity contribution is 4.89. The van der Waals surface area contributed by atoms with Crippen LogP contribution in [0.15, 0.2) is 0 Å². The van der Waals surface area contributed by atoms with Crippen LogP contribution >= 0.6 is 0 Å². The van der Waals surface area contributed by atoms with Crippen molar-refractivity contribution in [1.82, 2.24) is 5.32 Å². The third kappa shape index (κ3) is 2.44. The van der Waals surface area contributed by atoms with Gasteiger partial charge in [-0.05, 0) is 38.5 Å². The zero-order chi connectivity index (χ0) is 9.26. The van der Waals surface area contributed by atoms with E-state index in [4.69, 9.17) is 0 Å². The van der Waals surface area contributed by atoms with E-state index >= 15 is 0 Å². The summed E-state index contributed by atoms with van der Waals surface area (Å²) in [4.78, 5) is 0. The van der Waals surface area contributed by atoms with E-state index in [1.165, 1.54) is 25.7 Å². The van der Waals surface area contributed by atoms with E-state index in [9.17, 15) is 5.11 Å². The summed E-state index contributed by atoms with van der Waals surface area (Å²) < 4.78 is 0. The lowest BCUT2D eigenvalue weighted by Crippen LogP contribution is -2.46. The van der Waals surface area contributed by atoms with Gasteiger partial charge in [0.25, 0.3) is 0 Å². The first-order valence-corrected chi connectivity index (χ1v) is 5.71. The van der Waals surface area contributed by atoms with E-state index in [1.807, 2.05) is 0 Å². The molecule has 0 saturated heterocycles. The summed E-state index contributed by atoms with van der Waals surface area (Å²) in [5.74, 6) is 0.897. The first-order chi connectivity index (χ1) is 6.27. The second kappa shape index (κ2) is 3.97. The topological polar surface area (TPSA) is 32.3 Å². The second-order valence-electron chi connectivity index (χ2n) is 4.75. The lowest BCUT2D eigenvalue weighted by Gasteiger charge is -2.31. The highest BCUT2D eigenvalue weighted by Crippen LogP contribution is 2.33. The molecule has 2 saturated carbocycles. The van der Waals surface area contributed by atoms with Crippen LogP contribution in [0.3, 0.4) is 0 Å². The van der Waals surface area contributed by atoms with Crippen LogP contribution in [-0.4, -0.2) is 23.3 Å². The molecule has 2 nitrogen and oxygen atoms in total. The molecule has 0 spiro atoms. The average molecular weight is 183 g/mol. The van der Waals surface area contributed by atoms with Gasteiger partial charge in [-0.2, -0.15) is 0 Å². The van der Waals surface area contributed by atoms with Crippen LogP contribution in [0.2, 0.25) is 0 Å². The Labute approximate surface area is 80.7 Å². The zero-order valence-corrected chi connectivity index (χ0v) is 8.50. The highest BCUT2D eigenvalue weighted by atomic mass is 16.3. The van der Waals surface area contributed by atoms with Gasteiger partial charge in [-0.3, -0.25) is 0 Å². The van der Waals surface area contributed by atoms with Crippen LogP contribution < -0.4 is 5.32 Å². The van der Waals surface area contributed by atoms with Crippen molar-refractivity contribution in [2.45, 2.75) is 63.6 Å². The van der Waals surface area contributed by atoms with E-state index in [0.29, 0.717) is 12.1 Å². The van der Waals surface area contributed by atoms with Gasteiger partial charge in [0, 0.05) is 12.1 Å². The molecule has 0 aromatic carbocycles. The molecule has 0 aliphatic heterocycles. The number of nitrogens with one attached hydrogen (secondary N) is 1. The number of hydrogen-bond donors (Lipinski definition) is 2. The Morgan fingerprint density at radius 3 is 2.46 bits per heavy atom. The summed E-state index contributed by atoms with van der Waals surface area (Å²) in [5.41, 5.74) is 0. The van der Waals surface area contributed by atoms with Gasteiger partial charge in [0.05, 0.1) is 6.10 Å². The standard InChI is InChI=1S/C11H21NO/c1-8(9-6-7-9)12-10-4-2-3-5-11(10)13/h8-13H,2-7H2,1H3/t8?,10-,11-/m0/s1. The zero-order valence-electron chi connectivity index (χ0n) is 8.50. The van der Waals surface area contributed by atoms with Crippen molar-refractivity contribution < 1.29 is 5.11 Å². The molecule has 0 radical (unpaired) electrons. The number of hydrogen-bond acceptors (Lipinski definition) is 2. The molecule has 0 bridgehead atoms. The molecule has 13 heavy (non-hydrogen) atoms. The first-order valence-electron chi connectivity index (χ1n) is 5.71. The van der Waals surface area contributed by atoms with Gasteiger partial charge in [-0.15, -0.1) is 0 Å². The molecular weight excluding hydrogens is 162 g/mol. The molecule has 3 atom stereocenters. The molecule has 0 amide bonds. The second-order valence-corrected chi connectivity index (χ2v) is 4.75. The van der Waals surface area contributed by atoms with Gasteiger partial charge < -0.3 is 10.4 Å². The normalized spacial score (nSPS) is 37.4. The van der Waals surface area contributed by atoms with Gasteiger partial charge in [-0.1, -0.05) is 12.8 Å². The van der Waals surface area contributed by atoms with Crippen LogP contribution in [0.5, 0.6) is 0 Å². The van der Waals surface area contributed by atoms with Crippen molar-refractivity contribution in [3.63, 3.8) is 0 Å². The van der Waals surface area contributed by atoms with Gasteiger partial charge in [0.1, 0.15) is 0 Å². The van der Waals surface area contributed by atoms with E-state index in [-0.39, 0.29) is 6.10 Å². The summed E-state index contributed by atoms with van der Waals surface area (Å²) in [7, 11) is 0. The molecule has 2 N–H and O–H groups in total. The summed E-state index contributed by atoms with van der Waals surface area (Å²) in [6, 6.07) is 1.00. The van der Waals surface area contributed by atoms with Crippen LogP contribution in [0.25, 0.3) is 0 Å². The molecule has 1 unspecified atom stereocenters. The van der Waals surface area contributed by atoms with E-state index in [0.717, 1.165) is 18.8 Å². The minimum absolute atomic E-state index is 0.0880. The van der Waals surface area contributed by atoms with Crippen LogP contribution in [0.1, 0.15) is 45.4 Å². The number of rotatable bonds is 3. The van der Waals surface area contributed by atoms with Crippen LogP contribution in [0, 0.1) is 5.92 Å². The predicted octanol–water partition coefficient (Wildman–Crippen LogP) is 1.68. The van der Waals surface area contributed by atoms with Crippen LogP contribution in [-0.2, 0) is 0 Å². The average Bonchev–Trinajstić information content (AvgIpc) is 2.91. The Morgan fingerprint density at radius 2 is 1.85 bits per heavy atom. The molecule has 0 heterocycles. The van der Waals surface area contributed by atoms with E-state index in [2.05, 4.69) is 12.2 Å². The number of aliphatic hydroxyl groups excluding tert-OH is 1. The molecule has 76 valence electrons. The maximum Gasteiger partial charge on any atom is 0.0693 e. The van der Waals surface area contributed by atoms with Gasteiger partial charge in [-0.25, -0.2) is 0 Å². The summed E-state index contributed by atoms with van der Waals surface area (Å²) in [6.07, 6.45) is 7.33. The molecule has 0 aromatic rings. The Bertz CT molecular complexity index is 167. The summed E-state index contributed by atoms with van der Waals surface area (Å²) in [6.45, 7) is 2.26. The molecule has 2 aliphatic carbocycles. The van der Waals surface area contributed by atoms with E-state index in [1.54, 1.807) is 0 Å². The summed E-state index contributed by atoms with van der Waals surface area (Å²) in [5, 5.41) is 13.3. The Morgan fingerprint density at radius 1 is 1.15 bits per heavy atom. The molecule has 2 fully saturated rings. The quantitative estimate of drug-likeness (QED) is 0.697. The fourth-order valence-corrected chi connectivity index (χ4v) is 2.38. The highest BCUT2D eigenvalue weighted by Gasteiger charge is 2.31. The molecule has 0 aromatic heterocycles. The third-order valence-electron chi connectivity index (χ3n) is 3.54. The smallest absolute Gasteiger partial charge is 0.0693 e. The van der Waals surface area contributed by atoms with Gasteiger partial charge in [0.15, 0.2) is 0 Å². The first kappa shape index (κ1) is 9.47. The fraction of sp³-hybridized carbons (Fsp3) is 1.00. The van der Waals surface area contributed by atoms with Crippen molar-refractivity contribution in [2.75, 3.05) is 0 Å². The maximum absolute atomic E-state index is 9.76. The minimum atomic E-state index is -0.0880. The maximum atomic E-state index is 9.76. The van der Waals surface area contributed by atoms with Crippen LogP contribution in [0.4, 0.5) is 0 Å². The molecule has 2 heteroatoms. The lowest BCUT2D eigenvalue weighted by molar-refractivity contribution is 0.0845. The molecule has 2 aliphatic rings. The summed E-state index contributed by atoms with van der Waals surface area (Å²) >= 11 is 0. The van der Waals surface area contributed by atoms with E-state index < -0.39 is 0 Å².